The number of sulfonamides is 1. The van der Waals surface area contributed by atoms with E-state index in [0.29, 0.717) is 23.7 Å². The number of halogens is 1. The Balaban J connectivity index is 1.32. The normalized spacial score (nSPS) is 18.6. The Labute approximate surface area is 210 Å². The maximum absolute atomic E-state index is 12.5. The van der Waals surface area contributed by atoms with Gasteiger partial charge in [0.2, 0.25) is 5.95 Å². The molecule has 0 radical (unpaired) electrons. The molecule has 3 aromatic rings. The van der Waals surface area contributed by atoms with E-state index in [4.69, 9.17) is 11.6 Å². The number of hydrogen-bond acceptors (Lipinski definition) is 8. The van der Waals surface area contributed by atoms with Gasteiger partial charge in [0.1, 0.15) is 4.90 Å². The van der Waals surface area contributed by atoms with Crippen molar-refractivity contribution in [2.24, 2.45) is 0 Å². The number of aromatic nitrogens is 4. The van der Waals surface area contributed by atoms with Crippen LogP contribution in [0.1, 0.15) is 36.9 Å². The maximum Gasteiger partial charge on any atom is 0.264 e. The topological polar surface area (TPSA) is 113 Å². The first kappa shape index (κ1) is 25.0. The van der Waals surface area contributed by atoms with Crippen LogP contribution in [0.5, 0.6) is 0 Å². The molecule has 2 heterocycles. The molecule has 1 aliphatic carbocycles. The van der Waals surface area contributed by atoms with Crippen molar-refractivity contribution in [1.82, 2.24) is 25.1 Å². The van der Waals surface area contributed by atoms with E-state index in [2.05, 4.69) is 49.2 Å². The lowest BCUT2D eigenvalue weighted by Gasteiger charge is -2.32. The van der Waals surface area contributed by atoms with Gasteiger partial charge in [0, 0.05) is 30.0 Å². The van der Waals surface area contributed by atoms with Crippen LogP contribution >= 0.6 is 11.6 Å². The van der Waals surface area contributed by atoms with E-state index in [9.17, 15) is 8.42 Å². The van der Waals surface area contributed by atoms with Crippen molar-refractivity contribution in [3.63, 3.8) is 0 Å². The number of nitrogens with one attached hydrogen (secondary N) is 2. The van der Waals surface area contributed by atoms with Crippen LogP contribution in [-0.4, -0.2) is 59.7 Å². The highest BCUT2D eigenvalue weighted by molar-refractivity contribution is 7.92. The molecule has 0 amide bonds. The number of benzene rings is 1. The van der Waals surface area contributed by atoms with Crippen LogP contribution in [0.25, 0.3) is 12.2 Å². The summed E-state index contributed by atoms with van der Waals surface area (Å²) in [6, 6.07) is 10.5. The minimum atomic E-state index is -3.86. The Bertz CT molecular complexity index is 1260. The van der Waals surface area contributed by atoms with Gasteiger partial charge in [-0.25, -0.2) is 18.4 Å². The van der Waals surface area contributed by atoms with E-state index in [1.54, 1.807) is 36.7 Å². The van der Waals surface area contributed by atoms with Gasteiger partial charge in [-0.1, -0.05) is 23.7 Å². The largest absolute Gasteiger partial charge is 0.351 e. The fourth-order valence-electron chi connectivity index (χ4n) is 3.94. The number of hydrogen-bond donors (Lipinski definition) is 2. The van der Waals surface area contributed by atoms with Gasteiger partial charge in [-0.3, -0.25) is 4.72 Å². The molecule has 9 nitrogen and oxygen atoms in total. The molecular weight excluding hydrogens is 486 g/mol. The first-order valence-corrected chi connectivity index (χ1v) is 13.2. The molecule has 11 heteroatoms. The van der Waals surface area contributed by atoms with Crippen molar-refractivity contribution < 1.29 is 8.42 Å². The molecule has 0 spiro atoms. The second kappa shape index (κ2) is 11.1. The van der Waals surface area contributed by atoms with E-state index >= 15 is 0 Å². The zero-order valence-corrected chi connectivity index (χ0v) is 21.2. The Kier molecular flexibility index (Phi) is 7.94. The predicted molar refractivity (Wildman–Crippen MR) is 139 cm³/mol. The Morgan fingerprint density at radius 3 is 2.31 bits per heavy atom. The minimum absolute atomic E-state index is 0.0216. The van der Waals surface area contributed by atoms with E-state index in [1.165, 1.54) is 31.0 Å². The summed E-state index contributed by atoms with van der Waals surface area (Å²) in [7, 11) is 0.412. The summed E-state index contributed by atoms with van der Waals surface area (Å²) >= 11 is 5.99. The third kappa shape index (κ3) is 6.74. The molecule has 0 aliphatic heterocycles. The van der Waals surface area contributed by atoms with Gasteiger partial charge in [-0.15, -0.1) is 10.2 Å². The molecule has 2 aromatic heterocycles. The molecule has 2 N–H and O–H groups in total. The van der Waals surface area contributed by atoms with Crippen LogP contribution in [0, 0.1) is 0 Å². The quantitative estimate of drug-likeness (QED) is 0.461. The monoisotopic (exact) mass is 513 g/mol. The van der Waals surface area contributed by atoms with Crippen molar-refractivity contribution in [3.8, 4) is 0 Å². The molecule has 0 atom stereocenters. The van der Waals surface area contributed by atoms with Crippen LogP contribution in [0.15, 0.2) is 53.7 Å². The lowest BCUT2D eigenvalue weighted by molar-refractivity contribution is 0.221. The Morgan fingerprint density at radius 1 is 0.971 bits per heavy atom. The van der Waals surface area contributed by atoms with Gasteiger partial charge < -0.3 is 10.2 Å². The second-order valence-corrected chi connectivity index (χ2v) is 10.7. The highest BCUT2D eigenvalue weighted by Gasteiger charge is 2.22. The summed E-state index contributed by atoms with van der Waals surface area (Å²) in [6.07, 6.45) is 11.6. The molecule has 1 aromatic carbocycles. The zero-order chi connectivity index (χ0) is 24.8. The van der Waals surface area contributed by atoms with Gasteiger partial charge in [0.05, 0.1) is 10.7 Å². The van der Waals surface area contributed by atoms with E-state index in [-0.39, 0.29) is 15.7 Å². The Hall–Kier alpha value is -3.08. The van der Waals surface area contributed by atoms with E-state index < -0.39 is 10.0 Å². The summed E-state index contributed by atoms with van der Waals surface area (Å²) in [6.45, 7) is 0. The van der Waals surface area contributed by atoms with Crippen molar-refractivity contribution in [1.29, 1.82) is 0 Å². The maximum atomic E-state index is 12.5. The molecule has 0 unspecified atom stereocenters. The number of rotatable bonds is 8. The standard InChI is InChI=1S/C24H28ClN7O2S/c1-32(2)20-12-9-18(10-13-20)28-24-26-15-17(16-27-24)7-8-19-11-14-23(30-29-19)31-35(33,34)22-6-4-3-5-21(22)25/h3-8,11,14-16,18,20H,9-10,12-13H2,1-2H3,(H,30,31)(H,26,27,28)/b8-7+. The zero-order valence-electron chi connectivity index (χ0n) is 19.6. The third-order valence-corrected chi connectivity index (χ3v) is 7.78. The summed E-state index contributed by atoms with van der Waals surface area (Å²) < 4.78 is 27.4. The average Bonchev–Trinajstić information content (AvgIpc) is 2.85. The predicted octanol–water partition coefficient (Wildman–Crippen LogP) is 4.18. The first-order valence-electron chi connectivity index (χ1n) is 11.3. The molecule has 0 saturated heterocycles. The van der Waals surface area contributed by atoms with Crippen molar-refractivity contribution in [2.75, 3.05) is 24.1 Å². The molecule has 1 aliphatic rings. The molecule has 35 heavy (non-hydrogen) atoms. The van der Waals surface area contributed by atoms with Crippen molar-refractivity contribution in [2.45, 2.75) is 42.7 Å². The molecule has 0 bridgehead atoms. The van der Waals surface area contributed by atoms with Crippen molar-refractivity contribution >= 4 is 45.5 Å². The van der Waals surface area contributed by atoms with Crippen LogP contribution in [-0.2, 0) is 10.0 Å². The van der Waals surface area contributed by atoms with Crippen LogP contribution in [0.3, 0.4) is 0 Å². The first-order chi connectivity index (χ1) is 16.8. The highest BCUT2D eigenvalue weighted by Crippen LogP contribution is 2.24. The summed E-state index contributed by atoms with van der Waals surface area (Å²) in [5, 5.41) is 11.6. The smallest absolute Gasteiger partial charge is 0.264 e. The fourth-order valence-corrected chi connectivity index (χ4v) is 5.46. The van der Waals surface area contributed by atoms with Gasteiger partial charge in [-0.05, 0) is 76.2 Å². The molecular formula is C24H28ClN7O2S. The van der Waals surface area contributed by atoms with Crippen LogP contribution < -0.4 is 10.0 Å². The third-order valence-electron chi connectivity index (χ3n) is 5.93. The fraction of sp³-hybridized carbons (Fsp3) is 0.333. The van der Waals surface area contributed by atoms with E-state index in [1.807, 2.05) is 6.08 Å². The summed E-state index contributed by atoms with van der Waals surface area (Å²) in [5.74, 6) is 0.728. The lowest BCUT2D eigenvalue weighted by Crippen LogP contribution is -2.36. The summed E-state index contributed by atoms with van der Waals surface area (Å²) in [4.78, 5) is 11.1. The highest BCUT2D eigenvalue weighted by atomic mass is 35.5. The number of anilines is 2. The Morgan fingerprint density at radius 2 is 1.69 bits per heavy atom. The van der Waals surface area contributed by atoms with Gasteiger partial charge in [0.15, 0.2) is 5.82 Å². The van der Waals surface area contributed by atoms with Gasteiger partial charge >= 0.3 is 0 Å². The van der Waals surface area contributed by atoms with Gasteiger partial charge in [-0.2, -0.15) is 0 Å². The molecule has 1 saturated carbocycles. The van der Waals surface area contributed by atoms with Crippen LogP contribution in [0.4, 0.5) is 11.8 Å². The molecule has 184 valence electrons. The summed E-state index contributed by atoms with van der Waals surface area (Å²) in [5.41, 5.74) is 1.38. The van der Waals surface area contributed by atoms with E-state index in [0.717, 1.165) is 18.4 Å². The molecule has 4 rings (SSSR count). The SMILES string of the molecule is CN(C)C1CCC(Nc2ncc(/C=C/c3ccc(NS(=O)(=O)c4ccccc4Cl)nn3)cn2)CC1. The van der Waals surface area contributed by atoms with Crippen molar-refractivity contribution in [3.05, 3.63) is 65.1 Å². The second-order valence-electron chi connectivity index (χ2n) is 8.67. The minimum Gasteiger partial charge on any atom is -0.351 e. The van der Waals surface area contributed by atoms with Crippen LogP contribution in [0.2, 0.25) is 5.02 Å². The van der Waals surface area contributed by atoms with Gasteiger partial charge in [0.25, 0.3) is 10.0 Å². The lowest BCUT2D eigenvalue weighted by atomic mass is 9.91. The molecule has 1 fully saturated rings. The average molecular weight is 514 g/mol. The number of nitrogens with zero attached hydrogens (tertiary/aromatic N) is 5.